The molecule has 0 aromatic rings. The molecule has 6 nitrogen and oxygen atoms in total. The molecule has 1 rings (SSSR count). The van der Waals surface area contributed by atoms with Crippen LogP contribution in [0.4, 0.5) is 4.79 Å². The van der Waals surface area contributed by atoms with Crippen LogP contribution in [0.5, 0.6) is 0 Å². The molecule has 0 saturated carbocycles. The lowest BCUT2D eigenvalue weighted by Gasteiger charge is -2.23. The van der Waals surface area contributed by atoms with Crippen molar-refractivity contribution in [3.05, 3.63) is 0 Å². The molecule has 2 amide bonds. The Labute approximate surface area is 96.2 Å². The number of amides is 2. The summed E-state index contributed by atoms with van der Waals surface area (Å²) < 4.78 is 11.1. The first kappa shape index (κ1) is 13.0. The number of hydrogen-bond acceptors (Lipinski definition) is 3. The van der Waals surface area contributed by atoms with E-state index in [0.29, 0.717) is 24.3 Å². The van der Waals surface area contributed by atoms with Crippen molar-refractivity contribution in [2.24, 2.45) is 0 Å². The SMILES string of the molecule is C[C@H](NC(=O)NC1CCS(=O)CC1)C(=O)O. The molecule has 7 heteroatoms. The van der Waals surface area contributed by atoms with Crippen molar-refractivity contribution in [1.82, 2.24) is 10.6 Å². The molecule has 0 unspecified atom stereocenters. The van der Waals surface area contributed by atoms with Crippen molar-refractivity contribution in [2.45, 2.75) is 31.8 Å². The second-order valence-corrected chi connectivity index (χ2v) is 5.50. The molecule has 0 bridgehead atoms. The summed E-state index contributed by atoms with van der Waals surface area (Å²) in [5.41, 5.74) is 0. The Kier molecular flexibility index (Phi) is 4.72. The molecular formula is C9H16N2O4S. The van der Waals surface area contributed by atoms with E-state index in [2.05, 4.69) is 10.6 Å². The van der Waals surface area contributed by atoms with Crippen LogP contribution in [0.15, 0.2) is 0 Å². The number of rotatable bonds is 3. The van der Waals surface area contributed by atoms with E-state index >= 15 is 0 Å². The molecule has 0 aromatic heterocycles. The average Bonchev–Trinajstić information content (AvgIpc) is 2.21. The third kappa shape index (κ3) is 4.18. The number of aliphatic carboxylic acids is 1. The van der Waals surface area contributed by atoms with Gasteiger partial charge >= 0.3 is 12.0 Å². The molecular weight excluding hydrogens is 232 g/mol. The van der Waals surface area contributed by atoms with Crippen molar-refractivity contribution < 1.29 is 18.9 Å². The molecule has 0 aromatic carbocycles. The highest BCUT2D eigenvalue weighted by atomic mass is 32.2. The number of nitrogens with one attached hydrogen (secondary N) is 2. The third-order valence-electron chi connectivity index (χ3n) is 2.44. The Morgan fingerprint density at radius 1 is 1.38 bits per heavy atom. The van der Waals surface area contributed by atoms with Crippen LogP contribution in [0.3, 0.4) is 0 Å². The predicted molar refractivity (Wildman–Crippen MR) is 59.7 cm³/mol. The van der Waals surface area contributed by atoms with E-state index in [-0.39, 0.29) is 6.04 Å². The Balaban J connectivity index is 2.29. The van der Waals surface area contributed by atoms with Gasteiger partial charge in [-0.15, -0.1) is 0 Å². The maximum Gasteiger partial charge on any atom is 0.325 e. The molecule has 16 heavy (non-hydrogen) atoms. The lowest BCUT2D eigenvalue weighted by molar-refractivity contribution is -0.138. The molecule has 0 spiro atoms. The van der Waals surface area contributed by atoms with Crippen LogP contribution < -0.4 is 10.6 Å². The van der Waals surface area contributed by atoms with Crippen LogP contribution in [0.25, 0.3) is 0 Å². The zero-order valence-corrected chi connectivity index (χ0v) is 9.88. The molecule has 1 atom stereocenters. The summed E-state index contributed by atoms with van der Waals surface area (Å²) in [5, 5.41) is 13.6. The van der Waals surface area contributed by atoms with E-state index in [1.54, 1.807) is 0 Å². The highest BCUT2D eigenvalue weighted by Crippen LogP contribution is 2.08. The van der Waals surface area contributed by atoms with Gasteiger partial charge in [0.1, 0.15) is 6.04 Å². The monoisotopic (exact) mass is 248 g/mol. The largest absolute Gasteiger partial charge is 0.480 e. The quantitative estimate of drug-likeness (QED) is 0.637. The molecule has 1 aliphatic heterocycles. The summed E-state index contributed by atoms with van der Waals surface area (Å²) in [6.07, 6.45) is 1.36. The fourth-order valence-corrected chi connectivity index (χ4v) is 2.72. The Bertz CT molecular complexity index is 298. The third-order valence-corrected chi connectivity index (χ3v) is 3.82. The van der Waals surface area contributed by atoms with E-state index in [9.17, 15) is 13.8 Å². The first-order valence-corrected chi connectivity index (χ1v) is 6.62. The predicted octanol–water partition coefficient (Wildman–Crippen LogP) is -0.330. The summed E-state index contributed by atoms with van der Waals surface area (Å²) in [7, 11) is -0.760. The maximum atomic E-state index is 11.3. The van der Waals surface area contributed by atoms with Gasteiger partial charge in [-0.2, -0.15) is 0 Å². The molecule has 1 saturated heterocycles. The van der Waals surface area contributed by atoms with Crippen molar-refractivity contribution >= 4 is 22.8 Å². The molecule has 92 valence electrons. The van der Waals surface area contributed by atoms with Crippen molar-refractivity contribution in [2.75, 3.05) is 11.5 Å². The van der Waals surface area contributed by atoms with E-state index in [4.69, 9.17) is 5.11 Å². The van der Waals surface area contributed by atoms with Gasteiger partial charge in [-0.25, -0.2) is 4.79 Å². The first-order chi connectivity index (χ1) is 7.49. The summed E-state index contributed by atoms with van der Waals surface area (Å²) in [6.45, 7) is 1.40. The molecule has 3 N–H and O–H groups in total. The zero-order chi connectivity index (χ0) is 12.1. The van der Waals surface area contributed by atoms with Crippen molar-refractivity contribution in [1.29, 1.82) is 0 Å². The second-order valence-electron chi connectivity index (χ2n) is 3.80. The van der Waals surface area contributed by atoms with E-state index in [1.165, 1.54) is 6.92 Å². The van der Waals surface area contributed by atoms with Crippen molar-refractivity contribution in [3.63, 3.8) is 0 Å². The topological polar surface area (TPSA) is 95.5 Å². The van der Waals surface area contributed by atoms with Gasteiger partial charge in [0.2, 0.25) is 0 Å². The van der Waals surface area contributed by atoms with Gasteiger partial charge in [-0.05, 0) is 19.8 Å². The number of carbonyl (C=O) groups excluding carboxylic acids is 1. The van der Waals surface area contributed by atoms with Gasteiger partial charge in [0, 0.05) is 28.3 Å². The van der Waals surface area contributed by atoms with Crippen molar-refractivity contribution in [3.8, 4) is 0 Å². The second kappa shape index (κ2) is 5.83. The highest BCUT2D eigenvalue weighted by molar-refractivity contribution is 7.85. The van der Waals surface area contributed by atoms with Gasteiger partial charge in [0.05, 0.1) is 0 Å². The number of urea groups is 1. The minimum absolute atomic E-state index is 0.00121. The fraction of sp³-hybridized carbons (Fsp3) is 0.778. The standard InChI is InChI=1S/C9H16N2O4S/c1-6(8(12)13)10-9(14)11-7-2-4-16(15)5-3-7/h6-7H,2-5H2,1H3,(H,12,13)(H2,10,11,14)/t6-,7?,16?/m0/s1. The van der Waals surface area contributed by atoms with E-state index < -0.39 is 28.8 Å². The average molecular weight is 248 g/mol. The Morgan fingerprint density at radius 2 is 1.94 bits per heavy atom. The van der Waals surface area contributed by atoms with E-state index in [0.717, 1.165) is 0 Å². The summed E-state index contributed by atoms with van der Waals surface area (Å²) >= 11 is 0. The van der Waals surface area contributed by atoms with Gasteiger partial charge in [0.15, 0.2) is 0 Å². The molecule has 0 radical (unpaired) electrons. The van der Waals surface area contributed by atoms with Crippen LogP contribution in [0, 0.1) is 0 Å². The Morgan fingerprint density at radius 3 is 2.44 bits per heavy atom. The highest BCUT2D eigenvalue weighted by Gasteiger charge is 2.21. The number of carboxylic acids is 1. The summed E-state index contributed by atoms with van der Waals surface area (Å²) in [5.74, 6) is 0.124. The number of carbonyl (C=O) groups is 2. The van der Waals surface area contributed by atoms with Gasteiger partial charge in [-0.1, -0.05) is 0 Å². The van der Waals surface area contributed by atoms with Crippen LogP contribution in [0.1, 0.15) is 19.8 Å². The van der Waals surface area contributed by atoms with Crippen LogP contribution >= 0.6 is 0 Å². The van der Waals surface area contributed by atoms with Crippen LogP contribution in [-0.4, -0.2) is 44.9 Å². The first-order valence-electron chi connectivity index (χ1n) is 5.14. The van der Waals surface area contributed by atoms with Gasteiger partial charge < -0.3 is 15.7 Å². The normalized spacial score (nSPS) is 26.8. The minimum atomic E-state index is -1.07. The molecule has 1 heterocycles. The van der Waals surface area contributed by atoms with Crippen LogP contribution in [-0.2, 0) is 15.6 Å². The number of hydrogen-bond donors (Lipinski definition) is 3. The maximum absolute atomic E-state index is 11.3. The molecule has 1 fully saturated rings. The summed E-state index contributed by atoms with van der Waals surface area (Å²) in [4.78, 5) is 21.8. The minimum Gasteiger partial charge on any atom is -0.480 e. The Hall–Kier alpha value is -1.11. The molecule has 0 aliphatic carbocycles. The summed E-state index contributed by atoms with van der Waals surface area (Å²) in [6, 6.07) is -1.39. The van der Waals surface area contributed by atoms with E-state index in [1.807, 2.05) is 0 Å². The molecule has 1 aliphatic rings. The van der Waals surface area contributed by atoms with Crippen LogP contribution in [0.2, 0.25) is 0 Å². The lowest BCUT2D eigenvalue weighted by atomic mass is 10.2. The van der Waals surface area contributed by atoms with Gasteiger partial charge in [0.25, 0.3) is 0 Å². The fourth-order valence-electron chi connectivity index (χ4n) is 1.42. The van der Waals surface area contributed by atoms with Gasteiger partial charge in [-0.3, -0.25) is 9.00 Å². The zero-order valence-electron chi connectivity index (χ0n) is 9.06. The lowest BCUT2D eigenvalue weighted by Crippen LogP contribution is -2.49. The number of carboxylic acid groups (broad SMARTS) is 1. The smallest absolute Gasteiger partial charge is 0.325 e.